The van der Waals surface area contributed by atoms with E-state index in [2.05, 4.69) is 10.5 Å². The minimum Gasteiger partial charge on any atom is -0.497 e. The van der Waals surface area contributed by atoms with E-state index in [-0.39, 0.29) is 17.8 Å². The highest BCUT2D eigenvalue weighted by molar-refractivity contribution is 5.98. The summed E-state index contributed by atoms with van der Waals surface area (Å²) in [6, 6.07) is 20.6. The third-order valence-corrected chi connectivity index (χ3v) is 5.97. The zero-order valence-corrected chi connectivity index (χ0v) is 18.6. The predicted octanol–water partition coefficient (Wildman–Crippen LogP) is 6.31. The van der Waals surface area contributed by atoms with Crippen LogP contribution in [0.5, 0.6) is 11.5 Å². The van der Waals surface area contributed by atoms with Crippen LogP contribution in [0.1, 0.15) is 36.1 Å². The number of hydrogen-bond donors (Lipinski definition) is 1. The lowest BCUT2D eigenvalue weighted by Crippen LogP contribution is -2.32. The van der Waals surface area contributed by atoms with Gasteiger partial charge in [-0.1, -0.05) is 29.4 Å². The number of ether oxygens (including phenoxy) is 2. The second kappa shape index (κ2) is 10.3. The highest BCUT2D eigenvalue weighted by Crippen LogP contribution is 2.39. The van der Waals surface area contributed by atoms with E-state index in [0.29, 0.717) is 23.7 Å². The maximum atomic E-state index is 13.4. The van der Waals surface area contributed by atoms with Crippen molar-refractivity contribution >= 4 is 11.5 Å². The number of nitrogens with one attached hydrogen (secondary N) is 1. The molecule has 3 aromatic rings. The Morgan fingerprint density at radius 3 is 2.09 bits per heavy atom. The molecule has 1 aliphatic heterocycles. The predicted molar refractivity (Wildman–Crippen MR) is 127 cm³/mol. The molecule has 7 heteroatoms. The molecule has 0 saturated heterocycles. The molecule has 3 atom stereocenters. The van der Waals surface area contributed by atoms with Gasteiger partial charge in [0, 0.05) is 11.6 Å². The first kappa shape index (κ1) is 22.5. The summed E-state index contributed by atoms with van der Waals surface area (Å²) in [5.74, 6) is 1.60. The number of nitrogens with zero attached hydrogens (tertiary/aromatic N) is 2. The van der Waals surface area contributed by atoms with Gasteiger partial charge in [-0.2, -0.15) is 4.91 Å². The summed E-state index contributed by atoms with van der Waals surface area (Å²) in [6.45, 7) is 0. The fourth-order valence-electron chi connectivity index (χ4n) is 4.15. The lowest BCUT2D eigenvalue weighted by molar-refractivity contribution is 0.412. The highest BCUT2D eigenvalue weighted by atomic mass is 19.1. The molecule has 0 aromatic heterocycles. The number of benzene rings is 3. The largest absolute Gasteiger partial charge is 0.497 e. The maximum absolute atomic E-state index is 13.4. The van der Waals surface area contributed by atoms with Gasteiger partial charge in [0.25, 0.3) is 0 Å². The number of halogens is 1. The summed E-state index contributed by atoms with van der Waals surface area (Å²) in [7, 11) is 3.23. The molecule has 6 nitrogen and oxygen atoms in total. The van der Waals surface area contributed by atoms with Crippen LogP contribution in [0, 0.1) is 16.6 Å². The van der Waals surface area contributed by atoms with Crippen LogP contribution in [-0.4, -0.2) is 20.1 Å². The summed E-state index contributed by atoms with van der Waals surface area (Å²) >= 11 is 0. The van der Waals surface area contributed by atoms with Crippen molar-refractivity contribution in [3.63, 3.8) is 0 Å². The van der Waals surface area contributed by atoms with Gasteiger partial charge in [-0.3, -0.25) is 4.99 Å². The van der Waals surface area contributed by atoms with Gasteiger partial charge in [-0.25, -0.2) is 4.39 Å². The molecule has 3 aromatic carbocycles. The molecule has 3 unspecified atom stereocenters. The molecule has 1 aliphatic rings. The summed E-state index contributed by atoms with van der Waals surface area (Å²) in [5, 5.41) is 6.80. The Morgan fingerprint density at radius 2 is 1.52 bits per heavy atom. The second-order valence-corrected chi connectivity index (χ2v) is 7.94. The van der Waals surface area contributed by atoms with Crippen molar-refractivity contribution < 1.29 is 13.9 Å². The number of rotatable bonds is 7. The first-order chi connectivity index (χ1) is 16.1. The number of aliphatic imine (C=N–C) groups is 1. The second-order valence-electron chi connectivity index (χ2n) is 7.94. The van der Waals surface area contributed by atoms with Crippen molar-refractivity contribution in [1.29, 1.82) is 0 Å². The van der Waals surface area contributed by atoms with Gasteiger partial charge in [0.1, 0.15) is 29.2 Å². The zero-order valence-electron chi connectivity index (χ0n) is 18.6. The van der Waals surface area contributed by atoms with Crippen LogP contribution in [-0.2, 0) is 0 Å². The Bertz CT molecular complexity index is 1100. The molecular weight excluding hydrogens is 421 g/mol. The van der Waals surface area contributed by atoms with Gasteiger partial charge < -0.3 is 14.8 Å². The highest BCUT2D eigenvalue weighted by Gasteiger charge is 2.34. The van der Waals surface area contributed by atoms with Crippen molar-refractivity contribution in [3.8, 4) is 11.5 Å². The molecule has 170 valence electrons. The molecule has 1 heterocycles. The SMILES string of the molecule is COc1ccc(C2CCC(C(N=O)c3ccc(OC)cc3)C(Nc3ccc(F)cc3)=N2)cc1. The summed E-state index contributed by atoms with van der Waals surface area (Å²) in [6.07, 6.45) is 1.49. The molecule has 0 fully saturated rings. The van der Waals surface area contributed by atoms with Gasteiger partial charge in [0.15, 0.2) is 0 Å². The zero-order chi connectivity index (χ0) is 23.2. The van der Waals surface area contributed by atoms with E-state index >= 15 is 0 Å². The van der Waals surface area contributed by atoms with Crippen molar-refractivity contribution in [1.82, 2.24) is 0 Å². The van der Waals surface area contributed by atoms with Gasteiger partial charge in [-0.15, -0.1) is 0 Å². The normalized spacial score (nSPS) is 18.7. The number of amidine groups is 1. The van der Waals surface area contributed by atoms with Crippen LogP contribution in [0.4, 0.5) is 10.1 Å². The van der Waals surface area contributed by atoms with Crippen LogP contribution in [0.2, 0.25) is 0 Å². The Hall–Kier alpha value is -3.74. The lowest BCUT2D eigenvalue weighted by atomic mass is 9.84. The number of nitroso groups, excluding NO2 is 1. The van der Waals surface area contributed by atoms with Crippen molar-refractivity contribution in [2.24, 2.45) is 16.1 Å². The third kappa shape index (κ3) is 5.19. The van der Waals surface area contributed by atoms with E-state index in [1.54, 1.807) is 26.4 Å². The standard InChI is InChI=1S/C26H26FN3O3/c1-32-21-11-3-17(4-12-21)24-16-15-23(25(30-31)18-5-13-22(33-2)14-6-18)26(29-24)28-20-9-7-19(27)8-10-20/h3-14,23-25H,15-16H2,1-2H3,(H,28,29). The summed E-state index contributed by atoms with van der Waals surface area (Å²) < 4.78 is 23.9. The third-order valence-electron chi connectivity index (χ3n) is 5.97. The Kier molecular flexibility index (Phi) is 6.98. The quantitative estimate of drug-likeness (QED) is 0.431. The van der Waals surface area contributed by atoms with E-state index in [1.807, 2.05) is 48.5 Å². The van der Waals surface area contributed by atoms with Crippen molar-refractivity contribution in [3.05, 3.63) is 94.6 Å². The van der Waals surface area contributed by atoms with Crippen molar-refractivity contribution in [2.45, 2.75) is 24.9 Å². The monoisotopic (exact) mass is 447 g/mol. The molecule has 0 aliphatic carbocycles. The van der Waals surface area contributed by atoms with Gasteiger partial charge in [0.05, 0.1) is 20.3 Å². The van der Waals surface area contributed by atoms with E-state index in [0.717, 1.165) is 23.3 Å². The smallest absolute Gasteiger partial charge is 0.127 e. The molecule has 0 radical (unpaired) electrons. The average Bonchev–Trinajstić information content (AvgIpc) is 2.87. The number of hydrogen-bond acceptors (Lipinski definition) is 6. The van der Waals surface area contributed by atoms with Crippen LogP contribution < -0.4 is 14.8 Å². The van der Waals surface area contributed by atoms with E-state index in [9.17, 15) is 9.30 Å². The molecule has 4 rings (SSSR count). The number of methoxy groups -OCH3 is 2. The topological polar surface area (TPSA) is 72.3 Å². The molecule has 0 spiro atoms. The molecule has 1 N–H and O–H groups in total. The Morgan fingerprint density at radius 1 is 0.909 bits per heavy atom. The van der Waals surface area contributed by atoms with Gasteiger partial charge in [0.2, 0.25) is 0 Å². The van der Waals surface area contributed by atoms with Crippen LogP contribution in [0.3, 0.4) is 0 Å². The van der Waals surface area contributed by atoms with Crippen LogP contribution in [0.25, 0.3) is 0 Å². The molecule has 33 heavy (non-hydrogen) atoms. The first-order valence-electron chi connectivity index (χ1n) is 10.8. The number of anilines is 1. The summed E-state index contributed by atoms with van der Waals surface area (Å²) in [4.78, 5) is 17.0. The molecular formula is C26H26FN3O3. The maximum Gasteiger partial charge on any atom is 0.127 e. The molecule has 0 bridgehead atoms. The van der Waals surface area contributed by atoms with Crippen LogP contribution in [0.15, 0.2) is 83.0 Å². The first-order valence-corrected chi connectivity index (χ1v) is 10.8. The fourth-order valence-corrected chi connectivity index (χ4v) is 4.15. The minimum absolute atomic E-state index is 0.0710. The Labute approximate surface area is 192 Å². The van der Waals surface area contributed by atoms with E-state index in [1.165, 1.54) is 12.1 Å². The van der Waals surface area contributed by atoms with E-state index < -0.39 is 6.04 Å². The van der Waals surface area contributed by atoms with Crippen molar-refractivity contribution in [2.75, 3.05) is 19.5 Å². The average molecular weight is 448 g/mol. The van der Waals surface area contributed by atoms with Crippen LogP contribution >= 0.6 is 0 Å². The molecule has 0 amide bonds. The fraction of sp³-hybridized carbons (Fsp3) is 0.269. The summed E-state index contributed by atoms with van der Waals surface area (Å²) in [5.41, 5.74) is 2.56. The van der Waals surface area contributed by atoms with Gasteiger partial charge in [-0.05, 0) is 72.5 Å². The lowest BCUT2D eigenvalue weighted by Gasteiger charge is -2.31. The van der Waals surface area contributed by atoms with Gasteiger partial charge >= 0.3 is 0 Å². The molecule has 0 saturated carbocycles. The minimum atomic E-state index is -0.612. The Balaban J connectivity index is 1.67. The van der Waals surface area contributed by atoms with E-state index in [4.69, 9.17) is 14.5 Å².